The average molecular weight is 357 g/mol. The summed E-state index contributed by atoms with van der Waals surface area (Å²) >= 11 is 5.05. The number of benzene rings is 1. The molecule has 0 aliphatic carbocycles. The summed E-state index contributed by atoms with van der Waals surface area (Å²) in [6, 6.07) is 6.15. The van der Waals surface area contributed by atoms with Gasteiger partial charge in [0.1, 0.15) is 5.57 Å². The molecule has 5 nitrogen and oxygen atoms in total. The fraction of sp³-hybridized carbons (Fsp3) is 0.421. The number of anilines is 1. The molecule has 0 aromatic heterocycles. The van der Waals surface area contributed by atoms with Gasteiger partial charge in [0.05, 0.1) is 0 Å². The van der Waals surface area contributed by atoms with Crippen molar-refractivity contribution in [1.29, 1.82) is 0 Å². The van der Waals surface area contributed by atoms with Gasteiger partial charge >= 0.3 is 0 Å². The normalized spacial score (nSPS) is 18.8. The first-order valence-electron chi connectivity index (χ1n) is 8.82. The number of fused-ring (bicyclic) bond motifs is 1. The van der Waals surface area contributed by atoms with Gasteiger partial charge in [0, 0.05) is 25.3 Å². The molecule has 1 saturated heterocycles. The zero-order valence-electron chi connectivity index (χ0n) is 14.7. The number of nitrogens with one attached hydrogen (secondary N) is 1. The lowest BCUT2D eigenvalue weighted by Gasteiger charge is -2.27. The molecule has 1 fully saturated rings. The maximum atomic E-state index is 12.5. The summed E-state index contributed by atoms with van der Waals surface area (Å²) < 4.78 is 0. The summed E-state index contributed by atoms with van der Waals surface area (Å²) in [7, 11) is 0. The molecule has 0 atom stereocenters. The van der Waals surface area contributed by atoms with E-state index >= 15 is 0 Å². The summed E-state index contributed by atoms with van der Waals surface area (Å²) in [4.78, 5) is 28.5. The number of nitrogens with zero attached hydrogens (tertiary/aromatic N) is 2. The topological polar surface area (TPSA) is 52.7 Å². The maximum absolute atomic E-state index is 12.5. The van der Waals surface area contributed by atoms with Gasteiger partial charge in [-0.05, 0) is 61.3 Å². The summed E-state index contributed by atoms with van der Waals surface area (Å²) in [5.74, 6) is -0.758. The van der Waals surface area contributed by atoms with E-state index in [1.807, 2.05) is 13.0 Å². The smallest absolute Gasteiger partial charge is 0.265 e. The first kappa shape index (κ1) is 17.6. The van der Waals surface area contributed by atoms with Crippen LogP contribution in [-0.4, -0.2) is 41.5 Å². The molecule has 1 aromatic rings. The van der Waals surface area contributed by atoms with Crippen molar-refractivity contribution in [1.82, 2.24) is 10.2 Å². The fourth-order valence-corrected chi connectivity index (χ4v) is 3.61. The van der Waals surface area contributed by atoms with Crippen molar-refractivity contribution in [3.05, 3.63) is 34.9 Å². The van der Waals surface area contributed by atoms with Gasteiger partial charge in [-0.1, -0.05) is 19.4 Å². The number of likely N-dealkylation sites (N-methyl/N-ethyl adjacent to an activating group) is 1. The Morgan fingerprint density at radius 2 is 2.08 bits per heavy atom. The van der Waals surface area contributed by atoms with E-state index in [-0.39, 0.29) is 16.6 Å². The standard InChI is InChI=1S/C19H23N3O2S/c1-3-5-9-21-10-8-14-11-13(6-7-16(14)21)12-15-17(23)20-19(25)22(4-2)18(15)24/h6-7,11-12H,3-5,8-10H2,1-2H3,(H,20,23,25). The molecule has 1 aromatic carbocycles. The van der Waals surface area contributed by atoms with E-state index in [1.165, 1.54) is 29.0 Å². The van der Waals surface area contributed by atoms with Crippen molar-refractivity contribution < 1.29 is 9.59 Å². The summed E-state index contributed by atoms with van der Waals surface area (Å²) in [5.41, 5.74) is 3.55. The van der Waals surface area contributed by atoms with Crippen LogP contribution in [0.5, 0.6) is 0 Å². The maximum Gasteiger partial charge on any atom is 0.265 e. The monoisotopic (exact) mass is 357 g/mol. The number of thiocarbonyl (C=S) groups is 1. The highest BCUT2D eigenvalue weighted by molar-refractivity contribution is 7.80. The van der Waals surface area contributed by atoms with Crippen LogP contribution in [0, 0.1) is 0 Å². The average Bonchev–Trinajstić information content (AvgIpc) is 2.99. The molecule has 2 aliphatic rings. The zero-order valence-corrected chi connectivity index (χ0v) is 15.5. The highest BCUT2D eigenvalue weighted by Crippen LogP contribution is 2.30. The van der Waals surface area contributed by atoms with Crippen molar-refractivity contribution in [3.8, 4) is 0 Å². The zero-order chi connectivity index (χ0) is 18.0. The predicted molar refractivity (Wildman–Crippen MR) is 103 cm³/mol. The molecule has 1 N–H and O–H groups in total. The van der Waals surface area contributed by atoms with E-state index in [1.54, 1.807) is 6.08 Å². The van der Waals surface area contributed by atoms with Gasteiger partial charge in [0.2, 0.25) is 0 Å². The predicted octanol–water partition coefficient (Wildman–Crippen LogP) is 2.50. The number of hydrogen-bond donors (Lipinski definition) is 1. The van der Waals surface area contributed by atoms with Crippen LogP contribution in [0.15, 0.2) is 23.8 Å². The molecule has 25 heavy (non-hydrogen) atoms. The van der Waals surface area contributed by atoms with Gasteiger partial charge in [0.25, 0.3) is 11.8 Å². The Bertz CT molecular complexity index is 757. The number of unbranched alkanes of at least 4 members (excludes halogenated alkanes) is 1. The largest absolute Gasteiger partial charge is 0.371 e. The molecule has 132 valence electrons. The van der Waals surface area contributed by atoms with Crippen molar-refractivity contribution in [3.63, 3.8) is 0 Å². The molecule has 3 rings (SSSR count). The molecule has 2 heterocycles. The highest BCUT2D eigenvalue weighted by Gasteiger charge is 2.32. The van der Waals surface area contributed by atoms with Gasteiger partial charge < -0.3 is 4.90 Å². The minimum absolute atomic E-state index is 0.135. The minimum atomic E-state index is -0.426. The number of hydrogen-bond acceptors (Lipinski definition) is 4. The highest BCUT2D eigenvalue weighted by atomic mass is 32.1. The van der Waals surface area contributed by atoms with E-state index in [0.29, 0.717) is 6.54 Å². The van der Waals surface area contributed by atoms with Crippen molar-refractivity contribution in [2.45, 2.75) is 33.1 Å². The molecule has 0 radical (unpaired) electrons. The second-order valence-electron chi connectivity index (χ2n) is 6.35. The molecule has 2 aliphatic heterocycles. The number of amides is 2. The molecule has 0 saturated carbocycles. The van der Waals surface area contributed by atoms with Crippen LogP contribution < -0.4 is 10.2 Å². The van der Waals surface area contributed by atoms with Crippen LogP contribution in [0.1, 0.15) is 37.8 Å². The van der Waals surface area contributed by atoms with E-state index in [0.717, 1.165) is 25.1 Å². The quantitative estimate of drug-likeness (QED) is 0.500. The first-order chi connectivity index (χ1) is 12.0. The number of rotatable bonds is 5. The molecule has 0 unspecified atom stereocenters. The van der Waals surface area contributed by atoms with Crippen molar-refractivity contribution in [2.75, 3.05) is 24.5 Å². The van der Waals surface area contributed by atoms with Crippen LogP contribution in [0.4, 0.5) is 5.69 Å². The van der Waals surface area contributed by atoms with Crippen LogP contribution >= 0.6 is 12.2 Å². The van der Waals surface area contributed by atoms with E-state index in [4.69, 9.17) is 12.2 Å². The summed E-state index contributed by atoms with van der Waals surface area (Å²) in [5, 5.41) is 2.76. The Balaban J connectivity index is 1.86. The van der Waals surface area contributed by atoms with Crippen LogP contribution in [-0.2, 0) is 16.0 Å². The third kappa shape index (κ3) is 3.44. The van der Waals surface area contributed by atoms with Gasteiger partial charge in [0.15, 0.2) is 5.11 Å². The van der Waals surface area contributed by atoms with Gasteiger partial charge in [-0.3, -0.25) is 19.8 Å². The second-order valence-corrected chi connectivity index (χ2v) is 6.73. The Kier molecular flexibility index (Phi) is 5.18. The lowest BCUT2D eigenvalue weighted by atomic mass is 10.0. The molecular weight excluding hydrogens is 334 g/mol. The molecule has 6 heteroatoms. The Hall–Kier alpha value is -2.21. The van der Waals surface area contributed by atoms with E-state index < -0.39 is 5.91 Å². The van der Waals surface area contributed by atoms with Gasteiger partial charge in [-0.2, -0.15) is 0 Å². The first-order valence-corrected chi connectivity index (χ1v) is 9.22. The van der Waals surface area contributed by atoms with Crippen LogP contribution in [0.3, 0.4) is 0 Å². The van der Waals surface area contributed by atoms with Gasteiger partial charge in [-0.25, -0.2) is 0 Å². The molecular formula is C19H23N3O2S. The van der Waals surface area contributed by atoms with Gasteiger partial charge in [-0.15, -0.1) is 0 Å². The molecule has 0 bridgehead atoms. The summed E-state index contributed by atoms with van der Waals surface area (Å²) in [6.45, 7) is 6.58. The SMILES string of the molecule is CCCCN1CCc2cc(C=C3C(=O)NC(=S)N(CC)C3=O)ccc21. The third-order valence-corrected chi connectivity index (χ3v) is 5.01. The lowest BCUT2D eigenvalue weighted by Crippen LogP contribution is -2.53. The third-order valence-electron chi connectivity index (χ3n) is 4.69. The Morgan fingerprint density at radius 3 is 2.80 bits per heavy atom. The number of carbonyl (C=O) groups is 2. The van der Waals surface area contributed by atoms with E-state index in [9.17, 15) is 9.59 Å². The second kappa shape index (κ2) is 7.35. The van der Waals surface area contributed by atoms with Crippen LogP contribution in [0.2, 0.25) is 0 Å². The molecule has 2 amide bonds. The number of carbonyl (C=O) groups excluding carboxylic acids is 2. The van der Waals surface area contributed by atoms with E-state index in [2.05, 4.69) is 29.3 Å². The fourth-order valence-electron chi connectivity index (χ4n) is 3.31. The minimum Gasteiger partial charge on any atom is -0.371 e. The van der Waals surface area contributed by atoms with Crippen LogP contribution in [0.25, 0.3) is 6.08 Å². The summed E-state index contributed by atoms with van der Waals surface area (Å²) in [6.07, 6.45) is 5.04. The Labute approximate surface area is 153 Å². The molecule has 0 spiro atoms. The van der Waals surface area contributed by atoms with Crippen molar-refractivity contribution in [2.24, 2.45) is 0 Å². The Morgan fingerprint density at radius 1 is 1.28 bits per heavy atom. The van der Waals surface area contributed by atoms with Crippen molar-refractivity contribution >= 4 is 40.9 Å². The lowest BCUT2D eigenvalue weighted by molar-refractivity contribution is -0.128.